The van der Waals surface area contributed by atoms with Gasteiger partial charge >= 0.3 is 0 Å². The van der Waals surface area contributed by atoms with Crippen LogP contribution in [0.4, 0.5) is 5.69 Å². The summed E-state index contributed by atoms with van der Waals surface area (Å²) in [4.78, 5) is 21.7. The maximum atomic E-state index is 13.1. The van der Waals surface area contributed by atoms with Crippen molar-refractivity contribution in [1.29, 1.82) is 0 Å². The number of morpholine rings is 1. The first-order chi connectivity index (χ1) is 14.6. The number of hydrogen-bond donors (Lipinski definition) is 0. The zero-order valence-corrected chi connectivity index (χ0v) is 17.2. The van der Waals surface area contributed by atoms with Crippen molar-refractivity contribution < 1.29 is 14.3 Å². The Morgan fingerprint density at radius 2 is 2.03 bits per heavy atom. The number of carbonyl (C=O) groups is 1. The molecule has 0 N–H and O–H groups in total. The highest BCUT2D eigenvalue weighted by Gasteiger charge is 2.34. The number of hydrogen-bond acceptors (Lipinski definition) is 6. The molecule has 0 bridgehead atoms. The normalized spacial score (nSPS) is 18.9. The molecule has 1 amide bonds. The molecule has 1 unspecified atom stereocenters. The molecule has 1 fully saturated rings. The van der Waals surface area contributed by atoms with Gasteiger partial charge in [0.2, 0.25) is 0 Å². The second-order valence-corrected chi connectivity index (χ2v) is 7.82. The number of rotatable bonds is 3. The maximum Gasteiger partial charge on any atom is 0.265 e. The Morgan fingerprint density at radius 1 is 1.23 bits per heavy atom. The predicted octanol–water partition coefficient (Wildman–Crippen LogP) is 1.90. The van der Waals surface area contributed by atoms with Crippen molar-refractivity contribution in [1.82, 2.24) is 19.7 Å². The van der Waals surface area contributed by atoms with E-state index in [-0.39, 0.29) is 5.91 Å². The lowest BCUT2D eigenvalue weighted by molar-refractivity contribution is -0.142. The number of amides is 1. The summed E-state index contributed by atoms with van der Waals surface area (Å²) in [6, 6.07) is 10.0. The Bertz CT molecular complexity index is 1090. The number of nitrogens with zero attached hydrogens (tertiary/aromatic N) is 5. The van der Waals surface area contributed by atoms with Crippen molar-refractivity contribution in [3.05, 3.63) is 47.8 Å². The average molecular weight is 407 g/mol. The second kappa shape index (κ2) is 7.60. The molecule has 3 aromatic rings. The van der Waals surface area contributed by atoms with Crippen molar-refractivity contribution in [2.24, 2.45) is 7.05 Å². The summed E-state index contributed by atoms with van der Waals surface area (Å²) in [5, 5.41) is 5.51. The van der Waals surface area contributed by atoms with E-state index in [0.717, 1.165) is 33.7 Å². The van der Waals surface area contributed by atoms with Crippen LogP contribution in [0, 0.1) is 6.92 Å². The minimum atomic E-state index is -0.533. The number of ether oxygens (including phenoxy) is 2. The minimum absolute atomic E-state index is 0.0227. The number of anilines is 1. The van der Waals surface area contributed by atoms with Crippen molar-refractivity contribution in [2.75, 3.05) is 37.7 Å². The van der Waals surface area contributed by atoms with Crippen LogP contribution in [0.5, 0.6) is 5.75 Å². The summed E-state index contributed by atoms with van der Waals surface area (Å²) in [7, 11) is 1.90. The Morgan fingerprint density at radius 3 is 2.87 bits per heavy atom. The molecule has 156 valence electrons. The molecular formula is C22H25N5O3. The topological polar surface area (TPSA) is 72.7 Å². The lowest BCUT2D eigenvalue weighted by Crippen LogP contribution is -2.52. The van der Waals surface area contributed by atoms with E-state index in [2.05, 4.69) is 21.0 Å². The third kappa shape index (κ3) is 3.37. The first kappa shape index (κ1) is 18.9. The van der Waals surface area contributed by atoms with Crippen molar-refractivity contribution in [2.45, 2.75) is 19.6 Å². The molecule has 2 aliphatic rings. The van der Waals surface area contributed by atoms with Gasteiger partial charge in [0.1, 0.15) is 5.75 Å². The molecule has 0 radical (unpaired) electrons. The Kier molecular flexibility index (Phi) is 4.78. The van der Waals surface area contributed by atoms with E-state index in [9.17, 15) is 4.79 Å². The Balaban J connectivity index is 1.43. The molecule has 4 heterocycles. The molecule has 0 saturated carbocycles. The molecule has 8 nitrogen and oxygen atoms in total. The van der Waals surface area contributed by atoms with Crippen molar-refractivity contribution in [3.8, 4) is 5.75 Å². The molecule has 0 aliphatic carbocycles. The molecule has 1 atom stereocenters. The number of fused-ring (bicyclic) bond motifs is 2. The summed E-state index contributed by atoms with van der Waals surface area (Å²) >= 11 is 0. The van der Waals surface area contributed by atoms with Crippen LogP contribution in [0.2, 0.25) is 0 Å². The highest BCUT2D eigenvalue weighted by Crippen LogP contribution is 2.34. The molecular weight excluding hydrogens is 382 g/mol. The van der Waals surface area contributed by atoms with Crippen LogP contribution >= 0.6 is 0 Å². The van der Waals surface area contributed by atoms with Gasteiger partial charge in [-0.2, -0.15) is 5.10 Å². The fourth-order valence-electron chi connectivity index (χ4n) is 4.23. The van der Waals surface area contributed by atoms with Gasteiger partial charge in [-0.3, -0.25) is 9.48 Å². The molecule has 1 saturated heterocycles. The van der Waals surface area contributed by atoms with E-state index in [1.165, 1.54) is 0 Å². The molecule has 8 heteroatoms. The summed E-state index contributed by atoms with van der Waals surface area (Å²) in [5.74, 6) is 0.761. The largest absolute Gasteiger partial charge is 0.477 e. The lowest BCUT2D eigenvalue weighted by atomic mass is 10.1. The molecule has 1 aromatic carbocycles. The molecule has 5 rings (SSSR count). The third-order valence-corrected chi connectivity index (χ3v) is 5.75. The fourth-order valence-corrected chi connectivity index (χ4v) is 4.23. The molecule has 2 aliphatic heterocycles. The summed E-state index contributed by atoms with van der Waals surface area (Å²) in [6.07, 6.45) is 1.36. The number of aromatic nitrogens is 3. The maximum absolute atomic E-state index is 13.1. The van der Waals surface area contributed by atoms with Crippen LogP contribution in [0.25, 0.3) is 11.0 Å². The van der Waals surface area contributed by atoms with Crippen LogP contribution < -0.4 is 9.64 Å². The van der Waals surface area contributed by atoms with Gasteiger partial charge in [-0.25, -0.2) is 4.98 Å². The summed E-state index contributed by atoms with van der Waals surface area (Å²) in [5.41, 5.74) is 3.91. The second-order valence-electron chi connectivity index (χ2n) is 7.82. The lowest BCUT2D eigenvalue weighted by Gasteiger charge is -2.38. The van der Waals surface area contributed by atoms with E-state index >= 15 is 0 Å². The number of benzene rings is 1. The van der Waals surface area contributed by atoms with E-state index in [4.69, 9.17) is 9.47 Å². The molecule has 30 heavy (non-hydrogen) atoms. The van der Waals surface area contributed by atoms with Crippen LogP contribution in [0.1, 0.15) is 11.3 Å². The van der Waals surface area contributed by atoms with E-state index < -0.39 is 6.10 Å². The zero-order valence-electron chi connectivity index (χ0n) is 17.2. The Labute approximate surface area is 175 Å². The van der Waals surface area contributed by atoms with E-state index in [1.54, 1.807) is 4.68 Å². The van der Waals surface area contributed by atoms with Crippen molar-refractivity contribution >= 4 is 22.6 Å². The van der Waals surface area contributed by atoms with Gasteiger partial charge < -0.3 is 19.3 Å². The first-order valence-corrected chi connectivity index (χ1v) is 10.3. The summed E-state index contributed by atoms with van der Waals surface area (Å²) in [6.45, 7) is 5.52. The number of pyridine rings is 1. The number of aryl methyl sites for hydroxylation is 2. The quantitative estimate of drug-likeness (QED) is 0.660. The molecule has 0 spiro atoms. The predicted molar refractivity (Wildman–Crippen MR) is 113 cm³/mol. The smallest absolute Gasteiger partial charge is 0.265 e. The molecule has 2 aromatic heterocycles. The summed E-state index contributed by atoms with van der Waals surface area (Å²) < 4.78 is 13.3. The Hall–Kier alpha value is -3.13. The van der Waals surface area contributed by atoms with Gasteiger partial charge in [0.05, 0.1) is 31.1 Å². The van der Waals surface area contributed by atoms with Gasteiger partial charge in [0.15, 0.2) is 11.8 Å². The van der Waals surface area contributed by atoms with Crippen LogP contribution in [-0.2, 0) is 23.1 Å². The zero-order chi connectivity index (χ0) is 20.7. The number of para-hydroxylation sites is 2. The van der Waals surface area contributed by atoms with Gasteiger partial charge in [0, 0.05) is 38.3 Å². The minimum Gasteiger partial charge on any atom is -0.477 e. The number of carbonyl (C=O) groups excluding carboxylic acids is 1. The van der Waals surface area contributed by atoms with E-state index in [0.29, 0.717) is 39.4 Å². The van der Waals surface area contributed by atoms with Gasteiger partial charge in [-0.05, 0) is 30.7 Å². The van der Waals surface area contributed by atoms with Crippen LogP contribution in [-0.4, -0.2) is 64.5 Å². The van der Waals surface area contributed by atoms with Crippen molar-refractivity contribution in [3.63, 3.8) is 0 Å². The van der Waals surface area contributed by atoms with E-state index in [1.807, 2.05) is 49.3 Å². The highest BCUT2D eigenvalue weighted by atomic mass is 16.5. The monoisotopic (exact) mass is 407 g/mol. The average Bonchev–Trinajstić information content (AvgIpc) is 3.06. The third-order valence-electron chi connectivity index (χ3n) is 5.75. The van der Waals surface area contributed by atoms with Gasteiger partial charge in [0.25, 0.3) is 5.91 Å². The highest BCUT2D eigenvalue weighted by molar-refractivity contribution is 5.83. The van der Waals surface area contributed by atoms with Gasteiger partial charge in [-0.1, -0.05) is 12.1 Å². The fraction of sp³-hybridized carbons (Fsp3) is 0.409. The standard InChI is InChI=1S/C22H25N5O3/c1-15-17-11-16(12-23-21(17)25(2)24-15)13-27-14-20(22(28)26-7-9-29-10-8-26)30-19-6-4-3-5-18(19)27/h3-6,11-12,20H,7-10,13-14H2,1-2H3. The first-order valence-electron chi connectivity index (χ1n) is 10.3. The van der Waals surface area contributed by atoms with Crippen LogP contribution in [0.3, 0.4) is 0 Å². The SMILES string of the molecule is Cc1nn(C)c2ncc(CN3CC(C(=O)N4CCOCC4)Oc4ccccc43)cc12. The van der Waals surface area contributed by atoms with Crippen LogP contribution in [0.15, 0.2) is 36.5 Å². The van der Waals surface area contributed by atoms with Gasteiger partial charge in [-0.15, -0.1) is 0 Å².